The van der Waals surface area contributed by atoms with Gasteiger partial charge in [-0.05, 0) is 35.7 Å². The molecule has 0 fully saturated rings. The maximum absolute atomic E-state index is 11.3. The van der Waals surface area contributed by atoms with Crippen LogP contribution in [0.4, 0.5) is 0 Å². The number of benzene rings is 2. The highest BCUT2D eigenvalue weighted by Gasteiger charge is 2.13. The second-order valence-electron chi connectivity index (χ2n) is 4.60. The second-order valence-corrected chi connectivity index (χ2v) is 5.04. The zero-order chi connectivity index (χ0) is 13.4. The fraction of sp³-hybridized carbons (Fsp3) is 0.133. The standard InChI is InChI=1S/C15H13ClN2O/c1-9-4-2-3-5-11(9)14(16)10-6-7-12-13(8-10)18-15(19)17-12/h2-8,14H,1H3,(H2,17,18,19). The Bertz CT molecular complexity index is 788. The number of halogens is 1. The first-order chi connectivity index (χ1) is 9.15. The third kappa shape index (κ3) is 2.17. The summed E-state index contributed by atoms with van der Waals surface area (Å²) in [6.45, 7) is 2.04. The van der Waals surface area contributed by atoms with Gasteiger partial charge >= 0.3 is 5.69 Å². The van der Waals surface area contributed by atoms with E-state index in [2.05, 4.69) is 9.97 Å². The van der Waals surface area contributed by atoms with Crippen LogP contribution in [-0.2, 0) is 0 Å². The molecule has 0 aliphatic carbocycles. The molecule has 4 heteroatoms. The smallest absolute Gasteiger partial charge is 0.306 e. The minimum Gasteiger partial charge on any atom is -0.306 e. The number of aryl methyl sites for hydroxylation is 1. The molecule has 0 saturated carbocycles. The molecule has 3 nitrogen and oxygen atoms in total. The number of hydrogen-bond acceptors (Lipinski definition) is 1. The number of hydrogen-bond donors (Lipinski definition) is 2. The first-order valence-corrected chi connectivity index (χ1v) is 6.50. The summed E-state index contributed by atoms with van der Waals surface area (Å²) in [6.07, 6.45) is 0. The molecule has 1 unspecified atom stereocenters. The summed E-state index contributed by atoms with van der Waals surface area (Å²) < 4.78 is 0. The molecule has 0 bridgehead atoms. The van der Waals surface area contributed by atoms with Crippen molar-refractivity contribution < 1.29 is 0 Å². The Morgan fingerprint density at radius 1 is 1.05 bits per heavy atom. The lowest BCUT2D eigenvalue weighted by atomic mass is 10.00. The summed E-state index contributed by atoms with van der Waals surface area (Å²) in [6, 6.07) is 13.8. The van der Waals surface area contributed by atoms with Crippen molar-refractivity contribution in [3.8, 4) is 0 Å². The molecule has 2 aromatic carbocycles. The lowest BCUT2D eigenvalue weighted by Gasteiger charge is -2.13. The molecule has 3 aromatic rings. The van der Waals surface area contributed by atoms with E-state index in [1.54, 1.807) is 0 Å². The SMILES string of the molecule is Cc1ccccc1C(Cl)c1ccc2[nH]c(=O)[nH]c2c1. The van der Waals surface area contributed by atoms with E-state index >= 15 is 0 Å². The molecule has 3 rings (SSSR count). The number of nitrogens with one attached hydrogen (secondary N) is 2. The minimum atomic E-state index is -0.219. The van der Waals surface area contributed by atoms with E-state index in [1.165, 1.54) is 0 Å². The topological polar surface area (TPSA) is 48.6 Å². The average Bonchev–Trinajstić information content (AvgIpc) is 2.77. The van der Waals surface area contributed by atoms with Crippen molar-refractivity contribution in [2.75, 3.05) is 0 Å². The van der Waals surface area contributed by atoms with Crippen LogP contribution in [0.25, 0.3) is 11.0 Å². The van der Waals surface area contributed by atoms with E-state index in [0.717, 1.165) is 27.7 Å². The van der Waals surface area contributed by atoms with Gasteiger partial charge < -0.3 is 9.97 Å². The quantitative estimate of drug-likeness (QED) is 0.689. The molecular weight excluding hydrogens is 260 g/mol. The van der Waals surface area contributed by atoms with Crippen LogP contribution in [0.15, 0.2) is 47.3 Å². The molecule has 0 amide bonds. The van der Waals surface area contributed by atoms with Crippen molar-refractivity contribution in [2.45, 2.75) is 12.3 Å². The van der Waals surface area contributed by atoms with Gasteiger partial charge in [0.15, 0.2) is 0 Å². The van der Waals surface area contributed by atoms with Gasteiger partial charge in [-0.3, -0.25) is 0 Å². The molecule has 0 aliphatic rings. The van der Waals surface area contributed by atoms with Crippen LogP contribution >= 0.6 is 11.6 Å². The lowest BCUT2D eigenvalue weighted by Crippen LogP contribution is -1.99. The summed E-state index contributed by atoms with van der Waals surface area (Å²) in [7, 11) is 0. The molecule has 19 heavy (non-hydrogen) atoms. The maximum atomic E-state index is 11.3. The number of imidazole rings is 1. The zero-order valence-corrected chi connectivity index (χ0v) is 11.2. The highest BCUT2D eigenvalue weighted by Crippen LogP contribution is 2.31. The van der Waals surface area contributed by atoms with E-state index in [0.29, 0.717) is 0 Å². The van der Waals surface area contributed by atoms with Crippen LogP contribution in [0, 0.1) is 6.92 Å². The summed E-state index contributed by atoms with van der Waals surface area (Å²) in [5.41, 5.74) is 4.59. The predicted molar refractivity (Wildman–Crippen MR) is 77.8 cm³/mol. The van der Waals surface area contributed by atoms with E-state index in [4.69, 9.17) is 11.6 Å². The van der Waals surface area contributed by atoms with E-state index in [9.17, 15) is 4.79 Å². The van der Waals surface area contributed by atoms with Crippen molar-refractivity contribution in [1.29, 1.82) is 0 Å². The second kappa shape index (κ2) is 4.59. The molecule has 0 aliphatic heterocycles. The van der Waals surface area contributed by atoms with E-state index < -0.39 is 0 Å². The van der Waals surface area contributed by atoms with Crippen molar-refractivity contribution >= 4 is 22.6 Å². The molecule has 0 saturated heterocycles. The van der Waals surface area contributed by atoms with Gasteiger partial charge in [0.25, 0.3) is 0 Å². The fourth-order valence-corrected chi connectivity index (χ4v) is 2.64. The van der Waals surface area contributed by atoms with Gasteiger partial charge in [0.2, 0.25) is 0 Å². The van der Waals surface area contributed by atoms with Gasteiger partial charge in [-0.1, -0.05) is 30.3 Å². The first kappa shape index (κ1) is 12.1. The normalized spacial score (nSPS) is 12.7. The summed E-state index contributed by atoms with van der Waals surface area (Å²) in [5, 5.41) is -0.219. The van der Waals surface area contributed by atoms with Crippen molar-refractivity contribution in [3.63, 3.8) is 0 Å². The first-order valence-electron chi connectivity index (χ1n) is 6.07. The van der Waals surface area contributed by atoms with Crippen LogP contribution in [-0.4, -0.2) is 9.97 Å². The lowest BCUT2D eigenvalue weighted by molar-refractivity contribution is 1.11. The Balaban J connectivity index is 2.08. The molecule has 1 atom stereocenters. The Kier molecular flexibility index (Phi) is 2.91. The van der Waals surface area contributed by atoms with Crippen LogP contribution in [0.5, 0.6) is 0 Å². The average molecular weight is 273 g/mol. The number of H-pyrrole nitrogens is 2. The zero-order valence-electron chi connectivity index (χ0n) is 10.4. The molecule has 0 radical (unpaired) electrons. The highest BCUT2D eigenvalue weighted by atomic mass is 35.5. The molecule has 2 N–H and O–H groups in total. The minimum absolute atomic E-state index is 0.200. The summed E-state index contributed by atoms with van der Waals surface area (Å²) >= 11 is 6.54. The fourth-order valence-electron chi connectivity index (χ4n) is 2.26. The Labute approximate surface area is 115 Å². The van der Waals surface area contributed by atoms with E-state index in [-0.39, 0.29) is 11.1 Å². The summed E-state index contributed by atoms with van der Waals surface area (Å²) in [4.78, 5) is 16.7. The number of aromatic nitrogens is 2. The van der Waals surface area contributed by atoms with Gasteiger partial charge in [0.1, 0.15) is 0 Å². The van der Waals surface area contributed by atoms with Crippen LogP contribution in [0.2, 0.25) is 0 Å². The van der Waals surface area contributed by atoms with Gasteiger partial charge in [-0.25, -0.2) is 4.79 Å². The van der Waals surface area contributed by atoms with Gasteiger partial charge in [0.05, 0.1) is 16.4 Å². The molecule has 96 valence electrons. The van der Waals surface area contributed by atoms with Crippen LogP contribution in [0.3, 0.4) is 0 Å². The van der Waals surface area contributed by atoms with Gasteiger partial charge in [-0.2, -0.15) is 0 Å². The molecule has 1 heterocycles. The predicted octanol–water partition coefficient (Wildman–Crippen LogP) is 3.49. The van der Waals surface area contributed by atoms with Crippen LogP contribution < -0.4 is 5.69 Å². The molecule has 0 spiro atoms. The van der Waals surface area contributed by atoms with Crippen LogP contribution in [0.1, 0.15) is 22.1 Å². The number of fused-ring (bicyclic) bond motifs is 1. The van der Waals surface area contributed by atoms with Gasteiger partial charge in [0, 0.05) is 0 Å². The van der Waals surface area contributed by atoms with Crippen molar-refractivity contribution in [1.82, 2.24) is 9.97 Å². The summed E-state index contributed by atoms with van der Waals surface area (Å²) in [5.74, 6) is 0. The monoisotopic (exact) mass is 272 g/mol. The molecule has 1 aromatic heterocycles. The van der Waals surface area contributed by atoms with Gasteiger partial charge in [-0.15, -0.1) is 11.6 Å². The largest absolute Gasteiger partial charge is 0.323 e. The van der Waals surface area contributed by atoms with Crippen molar-refractivity contribution in [2.24, 2.45) is 0 Å². The third-order valence-electron chi connectivity index (χ3n) is 3.29. The number of aromatic amines is 2. The Morgan fingerprint density at radius 3 is 2.58 bits per heavy atom. The molecular formula is C15H13ClN2O. The highest BCUT2D eigenvalue weighted by molar-refractivity contribution is 6.22. The van der Waals surface area contributed by atoms with E-state index in [1.807, 2.05) is 49.4 Å². The number of rotatable bonds is 2. The maximum Gasteiger partial charge on any atom is 0.323 e. The Morgan fingerprint density at radius 2 is 1.79 bits per heavy atom. The third-order valence-corrected chi connectivity index (χ3v) is 3.78. The Hall–Kier alpha value is -2.00. The van der Waals surface area contributed by atoms with Crippen molar-refractivity contribution in [3.05, 3.63) is 69.6 Å². The number of alkyl halides is 1.